The molecule has 2 N–H and O–H groups in total. The van der Waals surface area contributed by atoms with Crippen molar-refractivity contribution in [1.82, 2.24) is 0 Å². The molecule has 0 bridgehead atoms. The molecule has 170 valence electrons. The molecule has 0 rings (SSSR count). The van der Waals surface area contributed by atoms with Crippen LogP contribution in [0.4, 0.5) is 0 Å². The van der Waals surface area contributed by atoms with Crippen molar-refractivity contribution >= 4 is 10.1 Å². The van der Waals surface area contributed by atoms with Gasteiger partial charge in [0.05, 0.1) is 11.4 Å². The summed E-state index contributed by atoms with van der Waals surface area (Å²) in [5, 5.41) is 9.34. The summed E-state index contributed by atoms with van der Waals surface area (Å²) in [6.07, 6.45) is 20.3. The quantitative estimate of drug-likeness (QED) is 0.154. The Labute approximate surface area is 175 Å². The Kier molecular flexibility index (Phi) is 18.8. The van der Waals surface area contributed by atoms with Gasteiger partial charge in [-0.15, -0.1) is 0 Å². The maximum Gasteiger partial charge on any atom is 0.267 e. The zero-order chi connectivity index (χ0) is 21.1. The first-order valence-corrected chi connectivity index (χ1v) is 13.6. The van der Waals surface area contributed by atoms with E-state index in [1.54, 1.807) is 0 Å². The number of aliphatic hydroxyl groups is 1. The fourth-order valence-corrected chi connectivity index (χ4v) is 4.74. The molecular formula is C23H48O4S. The zero-order valence-electron chi connectivity index (χ0n) is 18.7. The third-order valence-corrected chi connectivity index (χ3v) is 7.07. The van der Waals surface area contributed by atoms with Crippen LogP contribution in [0.2, 0.25) is 0 Å². The van der Waals surface area contributed by atoms with Gasteiger partial charge in [-0.25, -0.2) is 0 Å². The van der Waals surface area contributed by atoms with Gasteiger partial charge < -0.3 is 5.11 Å². The van der Waals surface area contributed by atoms with Crippen LogP contribution in [0.25, 0.3) is 0 Å². The van der Waals surface area contributed by atoms with Crippen LogP contribution in [0.15, 0.2) is 0 Å². The highest BCUT2D eigenvalue weighted by molar-refractivity contribution is 7.86. The predicted octanol–water partition coefficient (Wildman–Crippen LogP) is 7.06. The van der Waals surface area contributed by atoms with Gasteiger partial charge in [0.25, 0.3) is 10.1 Å². The van der Waals surface area contributed by atoms with Crippen molar-refractivity contribution in [3.8, 4) is 0 Å². The largest absolute Gasteiger partial charge is 0.393 e. The van der Waals surface area contributed by atoms with E-state index < -0.39 is 15.4 Å². The average molecular weight is 421 g/mol. The SMILES string of the molecule is CCCCCC(O)CCCCCCCCCCCCC(CCCC)S(=O)(=O)O. The fourth-order valence-electron chi connectivity index (χ4n) is 3.81. The van der Waals surface area contributed by atoms with E-state index in [4.69, 9.17) is 0 Å². The highest BCUT2D eigenvalue weighted by Gasteiger charge is 2.21. The van der Waals surface area contributed by atoms with E-state index in [1.165, 1.54) is 51.4 Å². The monoisotopic (exact) mass is 420 g/mol. The topological polar surface area (TPSA) is 74.6 Å². The van der Waals surface area contributed by atoms with Crippen LogP contribution < -0.4 is 0 Å². The molecule has 4 nitrogen and oxygen atoms in total. The van der Waals surface area contributed by atoms with Gasteiger partial charge in [-0.1, -0.05) is 110 Å². The zero-order valence-corrected chi connectivity index (χ0v) is 19.5. The van der Waals surface area contributed by atoms with Crippen molar-refractivity contribution in [2.24, 2.45) is 0 Å². The molecule has 0 aromatic rings. The summed E-state index contributed by atoms with van der Waals surface area (Å²) in [5.41, 5.74) is 0. The second-order valence-corrected chi connectivity index (χ2v) is 10.2. The highest BCUT2D eigenvalue weighted by Crippen LogP contribution is 2.18. The van der Waals surface area contributed by atoms with Crippen LogP contribution in [-0.4, -0.2) is 29.4 Å². The second kappa shape index (κ2) is 18.9. The molecule has 0 fully saturated rings. The number of aliphatic hydroxyl groups excluding tert-OH is 1. The molecule has 0 aliphatic heterocycles. The predicted molar refractivity (Wildman–Crippen MR) is 120 cm³/mol. The van der Waals surface area contributed by atoms with Crippen molar-refractivity contribution in [2.75, 3.05) is 0 Å². The van der Waals surface area contributed by atoms with Gasteiger partial charge in [-0.05, 0) is 25.7 Å². The molecule has 0 saturated carbocycles. The maximum atomic E-state index is 11.4. The number of hydrogen-bond acceptors (Lipinski definition) is 3. The number of unbranched alkanes of at least 4 members (excludes halogenated alkanes) is 12. The van der Waals surface area contributed by atoms with Gasteiger partial charge in [-0.3, -0.25) is 4.55 Å². The summed E-state index contributed by atoms with van der Waals surface area (Å²) < 4.78 is 32.1. The summed E-state index contributed by atoms with van der Waals surface area (Å²) in [6.45, 7) is 4.24. The molecule has 0 radical (unpaired) electrons. The summed E-state index contributed by atoms with van der Waals surface area (Å²) in [6, 6.07) is 0. The lowest BCUT2D eigenvalue weighted by atomic mass is 10.0. The molecule has 2 atom stereocenters. The lowest BCUT2D eigenvalue weighted by molar-refractivity contribution is 0.147. The van der Waals surface area contributed by atoms with Crippen LogP contribution in [0.5, 0.6) is 0 Å². The summed E-state index contributed by atoms with van der Waals surface area (Å²) >= 11 is 0. The van der Waals surface area contributed by atoms with E-state index in [0.29, 0.717) is 12.8 Å². The summed E-state index contributed by atoms with van der Waals surface area (Å²) in [7, 11) is -3.88. The van der Waals surface area contributed by atoms with Crippen LogP contribution in [0.3, 0.4) is 0 Å². The lowest BCUT2D eigenvalue weighted by Crippen LogP contribution is -2.20. The minimum absolute atomic E-state index is 0.0889. The molecular weight excluding hydrogens is 372 g/mol. The molecule has 5 heteroatoms. The normalized spacial score (nSPS) is 14.3. The third kappa shape index (κ3) is 17.9. The van der Waals surface area contributed by atoms with Crippen LogP contribution in [0.1, 0.15) is 136 Å². The standard InChI is InChI=1S/C23H48O4S/c1-3-5-15-18-22(24)19-16-13-11-9-7-8-10-12-14-17-21-23(20-6-4-2)28(25,26)27/h22-24H,3-21H2,1-2H3,(H,25,26,27). The Morgan fingerprint density at radius 3 is 1.36 bits per heavy atom. The Balaban J connectivity index is 3.43. The molecule has 2 unspecified atom stereocenters. The minimum atomic E-state index is -3.88. The van der Waals surface area contributed by atoms with E-state index in [2.05, 4.69) is 6.92 Å². The highest BCUT2D eigenvalue weighted by atomic mass is 32.2. The Bertz CT molecular complexity index is 422. The van der Waals surface area contributed by atoms with Crippen molar-refractivity contribution in [3.05, 3.63) is 0 Å². The van der Waals surface area contributed by atoms with Crippen molar-refractivity contribution < 1.29 is 18.1 Å². The van der Waals surface area contributed by atoms with Gasteiger partial charge in [0.1, 0.15) is 0 Å². The lowest BCUT2D eigenvalue weighted by Gasteiger charge is -2.13. The molecule has 0 aliphatic carbocycles. The first-order chi connectivity index (χ1) is 13.4. The van der Waals surface area contributed by atoms with E-state index in [9.17, 15) is 18.1 Å². The van der Waals surface area contributed by atoms with Crippen LogP contribution >= 0.6 is 0 Å². The van der Waals surface area contributed by atoms with E-state index >= 15 is 0 Å². The van der Waals surface area contributed by atoms with Gasteiger partial charge in [0.2, 0.25) is 0 Å². The van der Waals surface area contributed by atoms with E-state index in [1.807, 2.05) is 6.92 Å². The van der Waals surface area contributed by atoms with Crippen molar-refractivity contribution in [2.45, 2.75) is 147 Å². The Morgan fingerprint density at radius 1 is 0.571 bits per heavy atom. The van der Waals surface area contributed by atoms with E-state index in [0.717, 1.165) is 57.8 Å². The van der Waals surface area contributed by atoms with Gasteiger partial charge in [0, 0.05) is 0 Å². The van der Waals surface area contributed by atoms with Gasteiger partial charge in [0.15, 0.2) is 0 Å². The van der Waals surface area contributed by atoms with Crippen LogP contribution in [-0.2, 0) is 10.1 Å². The Morgan fingerprint density at radius 2 is 0.929 bits per heavy atom. The third-order valence-electron chi connectivity index (χ3n) is 5.76. The van der Waals surface area contributed by atoms with E-state index in [-0.39, 0.29) is 6.10 Å². The molecule has 0 spiro atoms. The molecule has 0 amide bonds. The van der Waals surface area contributed by atoms with Gasteiger partial charge >= 0.3 is 0 Å². The minimum Gasteiger partial charge on any atom is -0.393 e. The first-order valence-electron chi connectivity index (χ1n) is 12.1. The number of hydrogen-bond donors (Lipinski definition) is 2. The number of rotatable bonds is 21. The smallest absolute Gasteiger partial charge is 0.267 e. The van der Waals surface area contributed by atoms with Crippen molar-refractivity contribution in [3.63, 3.8) is 0 Å². The summed E-state index contributed by atoms with van der Waals surface area (Å²) in [4.78, 5) is 0. The average Bonchev–Trinajstić information content (AvgIpc) is 2.64. The molecule has 0 saturated heterocycles. The molecule has 0 aromatic carbocycles. The molecule has 0 aliphatic rings. The molecule has 28 heavy (non-hydrogen) atoms. The Hall–Kier alpha value is -0.130. The second-order valence-electron chi connectivity index (χ2n) is 8.54. The van der Waals surface area contributed by atoms with Crippen molar-refractivity contribution in [1.29, 1.82) is 0 Å². The maximum absolute atomic E-state index is 11.4. The molecule has 0 aromatic heterocycles. The first kappa shape index (κ1) is 27.9. The van der Waals surface area contributed by atoms with Crippen LogP contribution in [0, 0.1) is 0 Å². The molecule has 0 heterocycles. The van der Waals surface area contributed by atoms with Gasteiger partial charge in [-0.2, -0.15) is 8.42 Å². The summed E-state index contributed by atoms with van der Waals surface area (Å²) in [5.74, 6) is 0. The fraction of sp³-hybridized carbons (Fsp3) is 1.00.